The summed E-state index contributed by atoms with van der Waals surface area (Å²) in [4.78, 5) is 0. The van der Waals surface area contributed by atoms with Gasteiger partial charge in [-0.3, -0.25) is 0 Å². The Labute approximate surface area is 122 Å². The van der Waals surface area contributed by atoms with Gasteiger partial charge >= 0.3 is 0 Å². The van der Waals surface area contributed by atoms with E-state index in [2.05, 4.69) is 76.1 Å². The Morgan fingerprint density at radius 3 is 2.12 bits per heavy atom. The number of hydrogen-bond donors (Lipinski definition) is 1. The molecule has 1 aromatic carbocycles. The van der Waals surface area contributed by atoms with E-state index in [9.17, 15) is 0 Å². The topological polar surface area (TPSA) is 12.0 Å². The van der Waals surface area contributed by atoms with Crippen molar-refractivity contribution in [3.8, 4) is 0 Å². The third kappa shape index (κ3) is 5.54. The summed E-state index contributed by atoms with van der Waals surface area (Å²) in [7, 11) is 0. The fourth-order valence-electron chi connectivity index (χ4n) is 1.91. The van der Waals surface area contributed by atoms with Gasteiger partial charge in [-0.05, 0) is 49.1 Å². The summed E-state index contributed by atoms with van der Waals surface area (Å²) in [6.07, 6.45) is 2.44. The lowest BCUT2D eigenvalue weighted by Gasteiger charge is -2.20. The Bertz CT molecular complexity index is 330. The summed E-state index contributed by atoms with van der Waals surface area (Å²) in [5, 5.41) is 3.57. The molecular weight excluding hydrogens is 342 g/mol. The van der Waals surface area contributed by atoms with Crippen molar-refractivity contribution in [2.24, 2.45) is 5.92 Å². The molecule has 96 valence electrons. The van der Waals surface area contributed by atoms with E-state index in [-0.39, 0.29) is 0 Å². The van der Waals surface area contributed by atoms with E-state index in [4.69, 9.17) is 0 Å². The third-order valence-electron chi connectivity index (χ3n) is 2.77. The summed E-state index contributed by atoms with van der Waals surface area (Å²) >= 11 is 7.11. The standard InChI is InChI=1S/C14H21Br2N/c1-4-17-14(6-5-10(2)3)11-7-12(15)9-13(16)8-11/h7-10,14,17H,4-6H2,1-3H3. The summed E-state index contributed by atoms with van der Waals surface area (Å²) in [6.45, 7) is 7.72. The molecule has 1 N–H and O–H groups in total. The first kappa shape index (κ1) is 15.2. The molecule has 1 nitrogen and oxygen atoms in total. The van der Waals surface area contributed by atoms with E-state index in [1.165, 1.54) is 18.4 Å². The number of benzene rings is 1. The molecule has 0 saturated carbocycles. The fourth-order valence-corrected chi connectivity index (χ4v) is 3.24. The van der Waals surface area contributed by atoms with Gasteiger partial charge in [-0.2, -0.15) is 0 Å². The van der Waals surface area contributed by atoms with Gasteiger partial charge in [0.25, 0.3) is 0 Å². The van der Waals surface area contributed by atoms with Gasteiger partial charge in [0.15, 0.2) is 0 Å². The predicted molar refractivity (Wildman–Crippen MR) is 82.3 cm³/mol. The Hall–Kier alpha value is 0.140. The predicted octanol–water partition coefficient (Wildman–Crippen LogP) is 5.30. The number of nitrogens with one attached hydrogen (secondary N) is 1. The highest BCUT2D eigenvalue weighted by Crippen LogP contribution is 2.27. The molecule has 0 spiro atoms. The van der Waals surface area contributed by atoms with Crippen LogP contribution in [0.25, 0.3) is 0 Å². The van der Waals surface area contributed by atoms with Crippen molar-refractivity contribution >= 4 is 31.9 Å². The molecule has 0 aromatic heterocycles. The maximum Gasteiger partial charge on any atom is 0.0321 e. The van der Waals surface area contributed by atoms with Gasteiger partial charge in [0.05, 0.1) is 0 Å². The van der Waals surface area contributed by atoms with Crippen molar-refractivity contribution in [3.05, 3.63) is 32.7 Å². The maximum atomic E-state index is 3.57. The van der Waals surface area contributed by atoms with E-state index in [0.29, 0.717) is 6.04 Å². The lowest BCUT2D eigenvalue weighted by molar-refractivity contribution is 0.448. The van der Waals surface area contributed by atoms with Crippen LogP contribution >= 0.6 is 31.9 Å². The Kier molecular flexibility index (Phi) is 6.75. The van der Waals surface area contributed by atoms with E-state index >= 15 is 0 Å². The van der Waals surface area contributed by atoms with Crippen LogP contribution in [0.15, 0.2) is 27.1 Å². The summed E-state index contributed by atoms with van der Waals surface area (Å²) in [5.74, 6) is 0.756. The van der Waals surface area contributed by atoms with Crippen molar-refractivity contribution in [2.45, 2.75) is 39.7 Å². The third-order valence-corrected chi connectivity index (χ3v) is 3.69. The van der Waals surface area contributed by atoms with Crippen molar-refractivity contribution in [1.82, 2.24) is 5.32 Å². The van der Waals surface area contributed by atoms with Crippen LogP contribution in [0.4, 0.5) is 0 Å². The van der Waals surface area contributed by atoms with Crippen LogP contribution in [0.5, 0.6) is 0 Å². The van der Waals surface area contributed by atoms with Gasteiger partial charge in [-0.25, -0.2) is 0 Å². The quantitative estimate of drug-likeness (QED) is 0.724. The Morgan fingerprint density at radius 1 is 1.06 bits per heavy atom. The second kappa shape index (κ2) is 7.55. The number of rotatable bonds is 6. The Balaban J connectivity index is 2.80. The second-order valence-corrected chi connectivity index (χ2v) is 6.62. The van der Waals surface area contributed by atoms with E-state index in [0.717, 1.165) is 21.4 Å². The molecular formula is C14H21Br2N. The van der Waals surface area contributed by atoms with Gasteiger partial charge in [0.2, 0.25) is 0 Å². The molecule has 0 aliphatic heterocycles. The molecule has 0 amide bonds. The SMILES string of the molecule is CCNC(CCC(C)C)c1cc(Br)cc(Br)c1. The number of hydrogen-bond acceptors (Lipinski definition) is 1. The van der Waals surface area contributed by atoms with Gasteiger partial charge in [0.1, 0.15) is 0 Å². The molecule has 0 fully saturated rings. The van der Waals surface area contributed by atoms with Crippen molar-refractivity contribution in [1.29, 1.82) is 0 Å². The fraction of sp³-hybridized carbons (Fsp3) is 0.571. The minimum Gasteiger partial charge on any atom is -0.310 e. The lowest BCUT2D eigenvalue weighted by atomic mass is 9.97. The molecule has 0 heterocycles. The zero-order chi connectivity index (χ0) is 12.8. The van der Waals surface area contributed by atoms with Gasteiger partial charge in [0, 0.05) is 15.0 Å². The van der Waals surface area contributed by atoms with E-state index in [1.54, 1.807) is 0 Å². The largest absolute Gasteiger partial charge is 0.310 e. The maximum absolute atomic E-state index is 3.57. The molecule has 0 bridgehead atoms. The zero-order valence-corrected chi connectivity index (χ0v) is 13.9. The molecule has 0 radical (unpaired) electrons. The average molecular weight is 363 g/mol. The van der Waals surface area contributed by atoms with Crippen LogP contribution in [0.2, 0.25) is 0 Å². The first-order valence-corrected chi connectivity index (χ1v) is 7.81. The minimum atomic E-state index is 0.455. The molecule has 3 heteroatoms. The molecule has 1 rings (SSSR count). The van der Waals surface area contributed by atoms with Gasteiger partial charge in [-0.1, -0.05) is 52.6 Å². The second-order valence-electron chi connectivity index (χ2n) is 4.78. The summed E-state index contributed by atoms with van der Waals surface area (Å²) in [6, 6.07) is 6.95. The monoisotopic (exact) mass is 361 g/mol. The highest BCUT2D eigenvalue weighted by Gasteiger charge is 2.12. The molecule has 0 aliphatic rings. The van der Waals surface area contributed by atoms with Crippen LogP contribution in [0.1, 0.15) is 45.2 Å². The van der Waals surface area contributed by atoms with Crippen molar-refractivity contribution in [2.75, 3.05) is 6.54 Å². The molecule has 1 atom stereocenters. The van der Waals surface area contributed by atoms with Crippen LogP contribution in [0.3, 0.4) is 0 Å². The number of halogens is 2. The van der Waals surface area contributed by atoms with Crippen LogP contribution in [-0.4, -0.2) is 6.54 Å². The van der Waals surface area contributed by atoms with Crippen molar-refractivity contribution in [3.63, 3.8) is 0 Å². The van der Waals surface area contributed by atoms with Crippen LogP contribution in [-0.2, 0) is 0 Å². The normalized spacial score (nSPS) is 13.1. The molecule has 0 saturated heterocycles. The van der Waals surface area contributed by atoms with E-state index < -0.39 is 0 Å². The highest BCUT2D eigenvalue weighted by atomic mass is 79.9. The first-order chi connectivity index (χ1) is 8.02. The van der Waals surface area contributed by atoms with Crippen LogP contribution < -0.4 is 5.32 Å². The summed E-state index contributed by atoms with van der Waals surface area (Å²) < 4.78 is 2.27. The van der Waals surface area contributed by atoms with Gasteiger partial charge in [-0.15, -0.1) is 0 Å². The van der Waals surface area contributed by atoms with Gasteiger partial charge < -0.3 is 5.32 Å². The average Bonchev–Trinajstić information content (AvgIpc) is 2.22. The highest BCUT2D eigenvalue weighted by molar-refractivity contribution is 9.11. The molecule has 0 aliphatic carbocycles. The minimum absolute atomic E-state index is 0.455. The van der Waals surface area contributed by atoms with Crippen LogP contribution in [0, 0.1) is 5.92 Å². The molecule has 1 aromatic rings. The summed E-state index contributed by atoms with van der Waals surface area (Å²) in [5.41, 5.74) is 1.36. The smallest absolute Gasteiger partial charge is 0.0321 e. The van der Waals surface area contributed by atoms with Crippen molar-refractivity contribution < 1.29 is 0 Å². The Morgan fingerprint density at radius 2 is 1.65 bits per heavy atom. The first-order valence-electron chi connectivity index (χ1n) is 6.22. The zero-order valence-electron chi connectivity index (χ0n) is 10.8. The van der Waals surface area contributed by atoms with E-state index in [1.807, 2.05) is 0 Å². The lowest BCUT2D eigenvalue weighted by Crippen LogP contribution is -2.21. The molecule has 1 unspecified atom stereocenters. The molecule has 17 heavy (non-hydrogen) atoms.